The molecule has 0 amide bonds. The Bertz CT molecular complexity index is 322. The van der Waals surface area contributed by atoms with Gasteiger partial charge in [0.15, 0.2) is 0 Å². The molecule has 2 saturated carbocycles. The molecule has 0 spiro atoms. The minimum Gasteiger partial charge on any atom is -0.314 e. The summed E-state index contributed by atoms with van der Waals surface area (Å²) in [6.45, 7) is 1.16. The molecule has 0 heterocycles. The van der Waals surface area contributed by atoms with Crippen LogP contribution in [0.5, 0.6) is 0 Å². The zero-order valence-corrected chi connectivity index (χ0v) is 10.9. The zero-order valence-electron chi connectivity index (χ0n) is 10.1. The molecule has 0 saturated heterocycles. The van der Waals surface area contributed by atoms with E-state index in [1.807, 2.05) is 0 Å². The quantitative estimate of drug-likeness (QED) is 0.741. The van der Waals surface area contributed by atoms with Crippen molar-refractivity contribution in [2.45, 2.75) is 44.6 Å². The predicted molar refractivity (Wildman–Crippen MR) is 66.2 cm³/mol. The summed E-state index contributed by atoms with van der Waals surface area (Å²) in [4.78, 5) is 0. The van der Waals surface area contributed by atoms with Gasteiger partial charge in [0, 0.05) is 18.1 Å². The van der Waals surface area contributed by atoms with Gasteiger partial charge in [0.2, 0.25) is 0 Å². The van der Waals surface area contributed by atoms with Gasteiger partial charge in [-0.15, -0.1) is 0 Å². The van der Waals surface area contributed by atoms with Crippen molar-refractivity contribution >= 4 is 9.84 Å². The number of nitrogens with one attached hydrogen (secondary N) is 1. The van der Waals surface area contributed by atoms with Crippen molar-refractivity contribution in [3.05, 3.63) is 0 Å². The van der Waals surface area contributed by atoms with Gasteiger partial charge in [0.25, 0.3) is 0 Å². The van der Waals surface area contributed by atoms with Crippen LogP contribution in [-0.2, 0) is 9.84 Å². The Morgan fingerprint density at radius 2 is 1.81 bits per heavy atom. The lowest BCUT2D eigenvalue weighted by Crippen LogP contribution is -2.36. The van der Waals surface area contributed by atoms with Crippen LogP contribution in [0.4, 0.5) is 0 Å². The monoisotopic (exact) mass is 245 g/mol. The molecule has 0 bridgehead atoms. The Hall–Kier alpha value is -0.0900. The predicted octanol–water partition coefficient (Wildman–Crippen LogP) is 1.59. The van der Waals surface area contributed by atoms with Crippen LogP contribution in [0.2, 0.25) is 0 Å². The molecule has 2 atom stereocenters. The first-order chi connectivity index (χ1) is 7.54. The fourth-order valence-corrected chi connectivity index (χ4v) is 3.19. The van der Waals surface area contributed by atoms with Crippen LogP contribution in [0.25, 0.3) is 0 Å². The highest BCUT2D eigenvalue weighted by molar-refractivity contribution is 7.90. The molecule has 0 aromatic rings. The summed E-state index contributed by atoms with van der Waals surface area (Å²) in [6, 6.07) is 0.803. The summed E-state index contributed by atoms with van der Waals surface area (Å²) in [5.41, 5.74) is 0. The Morgan fingerprint density at radius 1 is 1.12 bits per heavy atom. The standard InChI is InChI=1S/C12H23NO2S/c1-16(14,15)8-2-3-10-4-5-11(10)9-13-12-6-7-12/h10-13H,2-9H2,1H3. The van der Waals surface area contributed by atoms with Crippen LogP contribution < -0.4 is 5.32 Å². The highest BCUT2D eigenvalue weighted by Gasteiger charge is 2.31. The third-order valence-electron chi connectivity index (χ3n) is 3.91. The maximum absolute atomic E-state index is 11.0. The Balaban J connectivity index is 1.58. The maximum Gasteiger partial charge on any atom is 0.147 e. The molecule has 1 N–H and O–H groups in total. The first-order valence-corrected chi connectivity index (χ1v) is 8.52. The second-order valence-corrected chi connectivity index (χ2v) is 7.81. The lowest BCUT2D eigenvalue weighted by molar-refractivity contribution is 0.159. The van der Waals surface area contributed by atoms with Gasteiger partial charge < -0.3 is 5.32 Å². The second kappa shape index (κ2) is 5.05. The molecule has 2 fully saturated rings. The van der Waals surface area contributed by atoms with Crippen LogP contribution in [-0.4, -0.2) is 33.0 Å². The lowest BCUT2D eigenvalue weighted by atomic mass is 9.71. The number of sulfone groups is 1. The fourth-order valence-electron chi connectivity index (χ4n) is 2.50. The molecule has 0 aromatic heterocycles. The summed E-state index contributed by atoms with van der Waals surface area (Å²) in [7, 11) is -2.75. The maximum atomic E-state index is 11.0. The van der Waals surface area contributed by atoms with E-state index in [2.05, 4.69) is 5.32 Å². The minimum absolute atomic E-state index is 0.367. The third kappa shape index (κ3) is 4.06. The molecule has 2 rings (SSSR count). The number of rotatable bonds is 7. The molecule has 16 heavy (non-hydrogen) atoms. The molecule has 0 aliphatic heterocycles. The van der Waals surface area contributed by atoms with Crippen LogP contribution in [0.15, 0.2) is 0 Å². The Labute approximate surface area is 98.9 Å². The smallest absolute Gasteiger partial charge is 0.147 e. The van der Waals surface area contributed by atoms with Gasteiger partial charge in [-0.2, -0.15) is 0 Å². The van der Waals surface area contributed by atoms with Crippen molar-refractivity contribution in [1.82, 2.24) is 5.32 Å². The van der Waals surface area contributed by atoms with E-state index in [1.54, 1.807) is 0 Å². The van der Waals surface area contributed by atoms with Crippen molar-refractivity contribution in [3.63, 3.8) is 0 Å². The van der Waals surface area contributed by atoms with Crippen molar-refractivity contribution in [2.75, 3.05) is 18.6 Å². The van der Waals surface area contributed by atoms with Crippen molar-refractivity contribution < 1.29 is 8.42 Å². The second-order valence-electron chi connectivity index (χ2n) is 5.55. The number of hydrogen-bond acceptors (Lipinski definition) is 3. The minimum atomic E-state index is -2.75. The van der Waals surface area contributed by atoms with Crippen molar-refractivity contribution in [1.29, 1.82) is 0 Å². The summed E-state index contributed by atoms with van der Waals surface area (Å²) < 4.78 is 22.0. The van der Waals surface area contributed by atoms with Crippen LogP contribution in [0.3, 0.4) is 0 Å². The number of hydrogen-bond donors (Lipinski definition) is 1. The van der Waals surface area contributed by atoms with Crippen molar-refractivity contribution in [3.8, 4) is 0 Å². The van der Waals surface area contributed by atoms with Gasteiger partial charge in [-0.1, -0.05) is 0 Å². The summed E-state index contributed by atoms with van der Waals surface area (Å²) >= 11 is 0. The summed E-state index contributed by atoms with van der Waals surface area (Å²) in [5, 5.41) is 3.58. The molecule has 3 nitrogen and oxygen atoms in total. The largest absolute Gasteiger partial charge is 0.314 e. The van der Waals surface area contributed by atoms with E-state index < -0.39 is 9.84 Å². The molecular formula is C12H23NO2S. The lowest BCUT2D eigenvalue weighted by Gasteiger charge is -2.37. The zero-order chi connectivity index (χ0) is 11.6. The highest BCUT2D eigenvalue weighted by Crippen LogP contribution is 2.37. The molecule has 4 heteroatoms. The van der Waals surface area contributed by atoms with Crippen LogP contribution in [0, 0.1) is 11.8 Å². The van der Waals surface area contributed by atoms with E-state index >= 15 is 0 Å². The fraction of sp³-hybridized carbons (Fsp3) is 1.00. The van der Waals surface area contributed by atoms with Gasteiger partial charge in [0.1, 0.15) is 9.84 Å². The Kier molecular flexibility index (Phi) is 3.90. The molecule has 2 aliphatic carbocycles. The molecule has 2 unspecified atom stereocenters. The first kappa shape index (κ1) is 12.4. The van der Waals surface area contributed by atoms with E-state index in [4.69, 9.17) is 0 Å². The van der Waals surface area contributed by atoms with Crippen LogP contribution >= 0.6 is 0 Å². The Morgan fingerprint density at radius 3 is 2.31 bits per heavy atom. The molecule has 0 radical (unpaired) electrons. The van der Waals surface area contributed by atoms with E-state index in [9.17, 15) is 8.42 Å². The van der Waals surface area contributed by atoms with Gasteiger partial charge in [-0.25, -0.2) is 8.42 Å². The topological polar surface area (TPSA) is 46.2 Å². The average Bonchev–Trinajstić information content (AvgIpc) is 2.93. The SMILES string of the molecule is CS(=O)(=O)CCCC1CCC1CNC1CC1. The van der Waals surface area contributed by atoms with Gasteiger partial charge in [-0.05, 0) is 56.9 Å². The van der Waals surface area contributed by atoms with E-state index in [1.165, 1.54) is 31.9 Å². The third-order valence-corrected chi connectivity index (χ3v) is 4.94. The molecule has 94 valence electrons. The molecule has 2 aliphatic rings. The van der Waals surface area contributed by atoms with Crippen LogP contribution in [0.1, 0.15) is 38.5 Å². The van der Waals surface area contributed by atoms with E-state index in [0.717, 1.165) is 37.3 Å². The van der Waals surface area contributed by atoms with E-state index in [-0.39, 0.29) is 0 Å². The van der Waals surface area contributed by atoms with Crippen molar-refractivity contribution in [2.24, 2.45) is 11.8 Å². The highest BCUT2D eigenvalue weighted by atomic mass is 32.2. The van der Waals surface area contributed by atoms with Gasteiger partial charge in [-0.3, -0.25) is 0 Å². The summed E-state index contributed by atoms with van der Waals surface area (Å²) in [5.74, 6) is 1.97. The molecular weight excluding hydrogens is 222 g/mol. The summed E-state index contributed by atoms with van der Waals surface area (Å²) in [6.07, 6.45) is 8.63. The first-order valence-electron chi connectivity index (χ1n) is 6.46. The molecule has 0 aromatic carbocycles. The van der Waals surface area contributed by atoms with E-state index in [0.29, 0.717) is 5.75 Å². The van der Waals surface area contributed by atoms with Gasteiger partial charge in [0.05, 0.1) is 0 Å². The normalized spacial score (nSPS) is 30.1. The average molecular weight is 245 g/mol. The van der Waals surface area contributed by atoms with Gasteiger partial charge >= 0.3 is 0 Å².